The van der Waals surface area contributed by atoms with Crippen LogP contribution in [0.4, 0.5) is 0 Å². The molecule has 7 aliphatic heterocycles. The van der Waals surface area contributed by atoms with Crippen LogP contribution in [-0.2, 0) is 76.1 Å². The molecule has 678 valence electrons. The van der Waals surface area contributed by atoms with E-state index in [1.165, 1.54) is 0 Å². The van der Waals surface area contributed by atoms with E-state index in [0.717, 1.165) is 25.7 Å². The maximum Gasteiger partial charge on any atom is 0.249 e. The molecule has 7 heterocycles. The molecule has 2 aliphatic carbocycles. The summed E-state index contributed by atoms with van der Waals surface area (Å²) in [5, 5.41) is 86.3. The monoisotopic (exact) mass is 1680 g/mol. The number of hydrogen-bond acceptors (Lipinski definition) is 29. The van der Waals surface area contributed by atoms with E-state index < -0.39 is 90.9 Å². The molecule has 118 heavy (non-hydrogen) atoms. The minimum absolute atomic E-state index is 0.0378. The van der Waals surface area contributed by atoms with Crippen molar-refractivity contribution in [2.24, 2.45) is 23.7 Å². The van der Waals surface area contributed by atoms with Gasteiger partial charge in [0.15, 0.2) is 12.5 Å². The Morgan fingerprint density at radius 1 is 0.415 bits per heavy atom. The zero-order chi connectivity index (χ0) is 85.2. The minimum atomic E-state index is -1.33. The van der Waals surface area contributed by atoms with E-state index >= 15 is 0 Å². The molecule has 0 spiro atoms. The summed E-state index contributed by atoms with van der Waals surface area (Å²) in [7, 11) is 3.22. The highest BCUT2D eigenvalue weighted by Crippen LogP contribution is 2.33. The number of hydrogen-bond donors (Lipinski definition) is 13. The first kappa shape index (κ1) is 101. The number of unbranched alkanes of at least 4 members (excludes halogenated alkanes) is 4. The van der Waals surface area contributed by atoms with Gasteiger partial charge in [-0.1, -0.05) is 77.7 Å². The Labute approximate surface area is 701 Å². The zero-order valence-electron chi connectivity index (χ0n) is 72.2. The molecule has 2 saturated heterocycles. The number of β-amino-alcohol motifs (C(OH)–C–C–N with tert-alkyl or cyclic N) is 1. The van der Waals surface area contributed by atoms with Gasteiger partial charge in [-0.2, -0.15) is 0 Å². The van der Waals surface area contributed by atoms with Crippen LogP contribution in [0, 0.1) is 23.7 Å². The van der Waals surface area contributed by atoms with Crippen molar-refractivity contribution in [3.63, 3.8) is 0 Å². The van der Waals surface area contributed by atoms with E-state index in [2.05, 4.69) is 52.3 Å². The van der Waals surface area contributed by atoms with E-state index in [-0.39, 0.29) is 142 Å². The molecule has 0 aromatic heterocycles. The number of amides is 6. The second-order valence-corrected chi connectivity index (χ2v) is 31.2. The van der Waals surface area contributed by atoms with Crippen LogP contribution in [0.15, 0.2) is 46.8 Å². The molecule has 0 radical (unpaired) electrons. The number of nitrogens with zero attached hydrogens (tertiary/aromatic N) is 6. The number of fused-ring (bicyclic) bond motifs is 4. The standard InChI is InChI=1S/C83H150N14O21/c1-9-13-41-115-72-64-19-17-21-66(72)78(103)88-27-35-94(36-28-89-79(104)67-22-18-20-65(73(67)116-42-14-10-2)77(102)87-26-34-93(33-25-86-76(64)101)40-46-112-52-54-114-50-48-110-8)57-63(98)58-95-37-29-90-80(105)68-55-61(5)96(82(107)74(68)117-43-15-11-3)59-70(99)84-23-31-92(39-45-111-51-53-113-49-47-109-7)32-24-85-71(100)60-97-62(6)56-69(81(106)91-30-38-95)75(83(97)108)118-44-16-12-4/h21-22,55-56,63-65,68-69,72-75,80-83,90-91,98,105-108H,9-20,23-54,57-60H2,1-8H3,(H,84,99)(H,85,100)(H,86,101)(H,87,102)(H,88,103)(H,89,104)/t63?,64-,65?,68-,69-,72?,73+,74?,75?,80-,81-,82-,83-/m1/s1. The summed E-state index contributed by atoms with van der Waals surface area (Å²) >= 11 is 0. The van der Waals surface area contributed by atoms with E-state index in [1.807, 2.05) is 49.6 Å². The van der Waals surface area contributed by atoms with Crippen LogP contribution in [0.5, 0.6) is 0 Å². The highest BCUT2D eigenvalue weighted by atomic mass is 16.6. The molecule has 35 heteroatoms. The molecular formula is C83H150N14O21. The van der Waals surface area contributed by atoms with Crippen LogP contribution in [0.1, 0.15) is 119 Å². The Kier molecular flexibility index (Phi) is 51.0. The molecule has 9 rings (SSSR count). The molecule has 5 unspecified atom stereocenters. The number of aliphatic hydroxyl groups excluding tert-OH is 5. The molecule has 2 fully saturated rings. The van der Waals surface area contributed by atoms with Gasteiger partial charge in [-0.25, -0.2) is 0 Å². The summed E-state index contributed by atoms with van der Waals surface area (Å²) in [6.07, 6.45) is 5.29. The Bertz CT molecular complexity index is 2820. The summed E-state index contributed by atoms with van der Waals surface area (Å²) in [5.74, 6) is -4.88. The number of aliphatic hydroxyl groups is 5. The quantitative estimate of drug-likeness (QED) is 0.0336. The molecule has 13 N–H and O–H groups in total. The molecule has 6 amide bonds. The molecule has 35 nitrogen and oxygen atoms in total. The van der Waals surface area contributed by atoms with E-state index in [1.54, 1.807) is 50.0 Å². The highest BCUT2D eigenvalue weighted by molar-refractivity contribution is 5.97. The van der Waals surface area contributed by atoms with Gasteiger partial charge in [-0.15, -0.1) is 0 Å². The van der Waals surface area contributed by atoms with Gasteiger partial charge < -0.3 is 115 Å². The topological polar surface area (TPSA) is 412 Å². The van der Waals surface area contributed by atoms with Gasteiger partial charge in [0, 0.05) is 206 Å². The summed E-state index contributed by atoms with van der Waals surface area (Å²) in [4.78, 5) is 96.9. The number of carbonyl (C=O) groups is 6. The molecular weight excluding hydrogens is 1530 g/mol. The van der Waals surface area contributed by atoms with Crippen molar-refractivity contribution in [1.82, 2.24) is 71.9 Å². The molecule has 8 bridgehead atoms. The summed E-state index contributed by atoms with van der Waals surface area (Å²) in [5.41, 5.74) is 1.80. The normalized spacial score (nSPS) is 27.3. The van der Waals surface area contributed by atoms with E-state index in [4.69, 9.17) is 47.4 Å². The lowest BCUT2D eigenvalue weighted by Crippen LogP contribution is -2.58. The third-order valence-electron chi connectivity index (χ3n) is 22.1. The Hall–Kier alpha value is -5.46. The smallest absolute Gasteiger partial charge is 0.249 e. The first-order valence-electron chi connectivity index (χ1n) is 43.7. The third-order valence-corrected chi connectivity index (χ3v) is 22.1. The number of allylic oxidation sites excluding steroid dienone is 4. The lowest BCUT2D eigenvalue weighted by Gasteiger charge is -2.43. The van der Waals surface area contributed by atoms with Gasteiger partial charge in [0.05, 0.1) is 109 Å². The van der Waals surface area contributed by atoms with E-state index in [0.29, 0.717) is 192 Å². The fraction of sp³-hybridized carbons (Fsp3) is 0.831. The molecule has 13 atom stereocenters. The SMILES string of the molecule is CCCCOC1[C@H]2C=C(C)N(CC(=O)NCCN(CCOCCOCCOC)CCNC(=O)CN3C(C)=C[C@H](C(OCCCC)[C@H]3O)[C@@H](O)NCCN(CC(O)CN3CCNC(=O)C4=CCC[C@@H](C(=O)NCCN(CCOCCOCCOC)CCNC(=O)C5CCC=C(C(=O)NCC3)[C@H]5OCCCC)C4OCCCC)CCN[C@@H]2O)[C@@H]1O. The summed E-state index contributed by atoms with van der Waals surface area (Å²) in [6.45, 7) is 21.6. The van der Waals surface area contributed by atoms with Crippen molar-refractivity contribution in [2.75, 3.05) is 251 Å². The van der Waals surface area contributed by atoms with Crippen molar-refractivity contribution in [2.45, 2.75) is 174 Å². The van der Waals surface area contributed by atoms with Crippen molar-refractivity contribution in [3.8, 4) is 0 Å². The number of carbonyl (C=O) groups excluding carboxylic acids is 6. The van der Waals surface area contributed by atoms with Crippen LogP contribution in [0.25, 0.3) is 0 Å². The van der Waals surface area contributed by atoms with Gasteiger partial charge in [0.1, 0.15) is 24.7 Å². The third kappa shape index (κ3) is 36.5. The minimum Gasteiger partial charge on any atom is -0.390 e. The second kappa shape index (κ2) is 59.3. The largest absolute Gasteiger partial charge is 0.390 e. The average Bonchev–Trinajstić information content (AvgIpc) is 0.796. The molecule has 0 aromatic rings. The van der Waals surface area contributed by atoms with Crippen molar-refractivity contribution >= 4 is 35.4 Å². The lowest BCUT2D eigenvalue weighted by atomic mass is 9.84. The van der Waals surface area contributed by atoms with Crippen molar-refractivity contribution in [3.05, 3.63) is 46.8 Å². The van der Waals surface area contributed by atoms with Gasteiger partial charge in [-0.3, -0.25) is 59.0 Å². The van der Waals surface area contributed by atoms with Crippen LogP contribution < -0.4 is 42.5 Å². The highest BCUT2D eigenvalue weighted by Gasteiger charge is 2.44. The van der Waals surface area contributed by atoms with Crippen LogP contribution in [0.2, 0.25) is 0 Å². The van der Waals surface area contributed by atoms with Crippen LogP contribution in [0.3, 0.4) is 0 Å². The van der Waals surface area contributed by atoms with E-state index in [9.17, 15) is 54.3 Å². The predicted molar refractivity (Wildman–Crippen MR) is 445 cm³/mol. The molecule has 0 aromatic carbocycles. The van der Waals surface area contributed by atoms with Crippen molar-refractivity contribution in [1.29, 1.82) is 0 Å². The van der Waals surface area contributed by atoms with Gasteiger partial charge in [-0.05, 0) is 65.2 Å². The number of ether oxygens (including phenoxy) is 10. The summed E-state index contributed by atoms with van der Waals surface area (Å²) in [6, 6.07) is 0. The number of nitrogens with one attached hydrogen (secondary N) is 8. The Morgan fingerprint density at radius 3 is 1.12 bits per heavy atom. The second-order valence-electron chi connectivity index (χ2n) is 31.2. The maximum atomic E-state index is 14.6. The zero-order valence-corrected chi connectivity index (χ0v) is 72.2. The lowest BCUT2D eigenvalue weighted by molar-refractivity contribution is -0.151. The van der Waals surface area contributed by atoms with Gasteiger partial charge >= 0.3 is 0 Å². The van der Waals surface area contributed by atoms with Crippen LogP contribution >= 0.6 is 0 Å². The maximum absolute atomic E-state index is 14.6. The number of methoxy groups -OCH3 is 2. The predicted octanol–water partition coefficient (Wildman–Crippen LogP) is -0.823. The molecule has 0 saturated carbocycles. The molecule has 9 aliphatic rings. The Balaban J connectivity index is 1.27. The number of rotatable bonds is 38. The fourth-order valence-corrected chi connectivity index (χ4v) is 15.3. The van der Waals surface area contributed by atoms with Crippen molar-refractivity contribution < 1.29 is 102 Å². The first-order chi connectivity index (χ1) is 57.3. The average molecular weight is 1680 g/mol. The Morgan fingerprint density at radius 2 is 0.746 bits per heavy atom. The van der Waals surface area contributed by atoms with Gasteiger partial charge in [0.25, 0.3) is 0 Å². The summed E-state index contributed by atoms with van der Waals surface area (Å²) < 4.78 is 58.8. The van der Waals surface area contributed by atoms with Crippen LogP contribution in [-0.4, -0.2) is 397 Å². The van der Waals surface area contributed by atoms with Gasteiger partial charge in [0.2, 0.25) is 35.4 Å². The first-order valence-corrected chi connectivity index (χ1v) is 43.7. The fourth-order valence-electron chi connectivity index (χ4n) is 15.3.